The van der Waals surface area contributed by atoms with E-state index in [0.29, 0.717) is 0 Å². The number of ether oxygens (including phenoxy) is 1. The van der Waals surface area contributed by atoms with Crippen molar-refractivity contribution in [3.8, 4) is 0 Å². The van der Waals surface area contributed by atoms with Gasteiger partial charge < -0.3 is 9.64 Å². The molecule has 1 saturated heterocycles. The van der Waals surface area contributed by atoms with Gasteiger partial charge in [0.25, 0.3) is 0 Å². The van der Waals surface area contributed by atoms with Gasteiger partial charge in [0, 0.05) is 11.9 Å². The Hall–Kier alpha value is -1.03. The van der Waals surface area contributed by atoms with Crippen LogP contribution in [0, 0.1) is 6.92 Å². The minimum atomic E-state index is -0.123. The Morgan fingerprint density at radius 1 is 1.64 bits per heavy atom. The molecular formula is C10H13NO2S. The second-order valence-corrected chi connectivity index (χ2v) is 4.20. The number of thiophene rings is 1. The Morgan fingerprint density at radius 2 is 2.43 bits per heavy atom. The molecule has 1 aliphatic rings. The lowest BCUT2D eigenvalue weighted by Gasteiger charge is -2.40. The molecule has 0 spiro atoms. The molecule has 3 nitrogen and oxygen atoms in total. The standard InChI is InChI=1S/C10H13NO2S/c1-7-5-14-6-9(7)11-4-3-8(11)10(12)13-2/h5-6,8H,3-4H2,1-2H3. The monoisotopic (exact) mass is 211 g/mol. The maximum Gasteiger partial charge on any atom is 0.328 e. The van der Waals surface area contributed by atoms with Gasteiger partial charge in [-0.05, 0) is 24.3 Å². The summed E-state index contributed by atoms with van der Waals surface area (Å²) >= 11 is 1.67. The normalized spacial score (nSPS) is 20.4. The number of carbonyl (C=O) groups is 1. The quantitative estimate of drug-likeness (QED) is 0.699. The summed E-state index contributed by atoms with van der Waals surface area (Å²) in [5.74, 6) is -0.123. The van der Waals surface area contributed by atoms with Gasteiger partial charge in [-0.2, -0.15) is 0 Å². The first-order valence-corrected chi connectivity index (χ1v) is 5.55. The van der Waals surface area contributed by atoms with E-state index in [2.05, 4.69) is 22.6 Å². The van der Waals surface area contributed by atoms with Crippen LogP contribution in [0.2, 0.25) is 0 Å². The van der Waals surface area contributed by atoms with Gasteiger partial charge in [0.2, 0.25) is 0 Å². The molecule has 4 heteroatoms. The van der Waals surface area contributed by atoms with Gasteiger partial charge in [0.15, 0.2) is 0 Å². The highest BCUT2D eigenvalue weighted by molar-refractivity contribution is 7.08. The Balaban J connectivity index is 2.14. The molecule has 0 amide bonds. The molecule has 1 aromatic rings. The summed E-state index contributed by atoms with van der Waals surface area (Å²) in [7, 11) is 1.44. The zero-order valence-corrected chi connectivity index (χ0v) is 9.13. The van der Waals surface area contributed by atoms with Crippen molar-refractivity contribution in [2.24, 2.45) is 0 Å². The number of hydrogen-bond donors (Lipinski definition) is 0. The smallest absolute Gasteiger partial charge is 0.328 e. The lowest BCUT2D eigenvalue weighted by molar-refractivity contribution is -0.143. The highest BCUT2D eigenvalue weighted by Crippen LogP contribution is 2.32. The third kappa shape index (κ3) is 1.39. The van der Waals surface area contributed by atoms with Crippen molar-refractivity contribution in [3.05, 3.63) is 16.3 Å². The number of hydrogen-bond acceptors (Lipinski definition) is 4. The Labute approximate surface area is 87.3 Å². The van der Waals surface area contributed by atoms with Crippen LogP contribution in [-0.4, -0.2) is 25.7 Å². The van der Waals surface area contributed by atoms with Crippen LogP contribution in [0.4, 0.5) is 5.69 Å². The molecule has 0 aromatic carbocycles. The molecule has 1 fully saturated rings. The van der Waals surface area contributed by atoms with E-state index < -0.39 is 0 Å². The minimum Gasteiger partial charge on any atom is -0.467 e. The van der Waals surface area contributed by atoms with E-state index in [0.717, 1.165) is 13.0 Å². The number of methoxy groups -OCH3 is 1. The van der Waals surface area contributed by atoms with Crippen molar-refractivity contribution in [1.82, 2.24) is 0 Å². The molecule has 0 saturated carbocycles. The molecule has 1 aromatic heterocycles. The molecule has 2 rings (SSSR count). The van der Waals surface area contributed by atoms with Crippen molar-refractivity contribution in [2.45, 2.75) is 19.4 Å². The summed E-state index contributed by atoms with van der Waals surface area (Å²) in [6.45, 7) is 3.02. The molecular weight excluding hydrogens is 198 g/mol. The Kier molecular flexibility index (Phi) is 2.46. The lowest BCUT2D eigenvalue weighted by Crippen LogP contribution is -2.53. The second kappa shape index (κ2) is 3.61. The van der Waals surface area contributed by atoms with Crippen LogP contribution >= 0.6 is 11.3 Å². The predicted molar refractivity (Wildman–Crippen MR) is 56.8 cm³/mol. The molecule has 0 aliphatic carbocycles. The predicted octanol–water partition coefficient (Wildman–Crippen LogP) is 1.81. The molecule has 14 heavy (non-hydrogen) atoms. The van der Waals surface area contributed by atoms with Crippen molar-refractivity contribution >= 4 is 23.0 Å². The van der Waals surface area contributed by atoms with E-state index >= 15 is 0 Å². The maximum atomic E-state index is 11.4. The topological polar surface area (TPSA) is 29.5 Å². The number of rotatable bonds is 2. The zero-order valence-electron chi connectivity index (χ0n) is 8.32. The highest BCUT2D eigenvalue weighted by Gasteiger charge is 2.35. The van der Waals surface area contributed by atoms with Gasteiger partial charge >= 0.3 is 5.97 Å². The van der Waals surface area contributed by atoms with E-state index in [4.69, 9.17) is 4.74 Å². The van der Waals surface area contributed by atoms with Crippen molar-refractivity contribution in [1.29, 1.82) is 0 Å². The largest absolute Gasteiger partial charge is 0.467 e. The molecule has 0 N–H and O–H groups in total. The van der Waals surface area contributed by atoms with Crippen molar-refractivity contribution in [3.63, 3.8) is 0 Å². The van der Waals surface area contributed by atoms with Crippen LogP contribution < -0.4 is 4.90 Å². The average Bonchev–Trinajstić information content (AvgIpc) is 2.50. The molecule has 0 bridgehead atoms. The molecule has 0 radical (unpaired) electrons. The molecule has 1 unspecified atom stereocenters. The molecule has 1 atom stereocenters. The number of esters is 1. The van der Waals surface area contributed by atoms with Gasteiger partial charge in [-0.15, -0.1) is 11.3 Å². The van der Waals surface area contributed by atoms with E-state index in [1.807, 2.05) is 0 Å². The van der Waals surface area contributed by atoms with Crippen LogP contribution in [0.3, 0.4) is 0 Å². The fourth-order valence-corrected chi connectivity index (χ4v) is 2.55. The fourth-order valence-electron chi connectivity index (χ4n) is 1.70. The first-order valence-electron chi connectivity index (χ1n) is 4.61. The van der Waals surface area contributed by atoms with Gasteiger partial charge in [0.1, 0.15) is 6.04 Å². The summed E-state index contributed by atoms with van der Waals surface area (Å²) in [5.41, 5.74) is 2.42. The molecule has 2 heterocycles. The Bertz CT molecular complexity index is 348. The van der Waals surface area contributed by atoms with Crippen molar-refractivity contribution < 1.29 is 9.53 Å². The first-order chi connectivity index (χ1) is 6.74. The summed E-state index contributed by atoms with van der Waals surface area (Å²) in [4.78, 5) is 13.5. The van der Waals surface area contributed by atoms with Crippen LogP contribution in [0.1, 0.15) is 12.0 Å². The third-order valence-electron chi connectivity index (χ3n) is 2.63. The summed E-state index contributed by atoms with van der Waals surface area (Å²) in [6.07, 6.45) is 0.905. The van der Waals surface area contributed by atoms with Crippen LogP contribution in [0.5, 0.6) is 0 Å². The molecule has 1 aliphatic heterocycles. The summed E-state index contributed by atoms with van der Waals surface area (Å²) in [6, 6.07) is -0.0618. The van der Waals surface area contributed by atoms with Crippen molar-refractivity contribution in [2.75, 3.05) is 18.6 Å². The number of anilines is 1. The summed E-state index contributed by atoms with van der Waals surface area (Å²) < 4.78 is 4.75. The van der Waals surface area contributed by atoms with E-state index in [1.165, 1.54) is 18.4 Å². The fraction of sp³-hybridized carbons (Fsp3) is 0.500. The van der Waals surface area contributed by atoms with Gasteiger partial charge in [0.05, 0.1) is 12.8 Å². The third-order valence-corrected chi connectivity index (χ3v) is 3.48. The number of carbonyl (C=O) groups excluding carboxylic acids is 1. The second-order valence-electron chi connectivity index (χ2n) is 3.46. The van der Waals surface area contributed by atoms with Gasteiger partial charge in [-0.3, -0.25) is 0 Å². The SMILES string of the molecule is COC(=O)C1CCN1c1cscc1C. The Morgan fingerprint density at radius 3 is 2.86 bits per heavy atom. The van der Waals surface area contributed by atoms with E-state index in [9.17, 15) is 4.79 Å². The first kappa shape index (κ1) is 9.52. The maximum absolute atomic E-state index is 11.4. The van der Waals surface area contributed by atoms with Crippen LogP contribution in [-0.2, 0) is 9.53 Å². The zero-order chi connectivity index (χ0) is 10.1. The van der Waals surface area contributed by atoms with Gasteiger partial charge in [-0.1, -0.05) is 0 Å². The van der Waals surface area contributed by atoms with Crippen LogP contribution in [0.15, 0.2) is 10.8 Å². The average molecular weight is 211 g/mol. The summed E-state index contributed by atoms with van der Waals surface area (Å²) in [5, 5.41) is 4.19. The van der Waals surface area contributed by atoms with E-state index in [1.54, 1.807) is 11.3 Å². The molecule has 76 valence electrons. The minimum absolute atomic E-state index is 0.0618. The number of nitrogens with zero attached hydrogens (tertiary/aromatic N) is 1. The van der Waals surface area contributed by atoms with Crippen LogP contribution in [0.25, 0.3) is 0 Å². The van der Waals surface area contributed by atoms with Gasteiger partial charge in [-0.25, -0.2) is 4.79 Å². The van der Waals surface area contributed by atoms with E-state index in [-0.39, 0.29) is 12.0 Å². The number of aryl methyl sites for hydroxylation is 1. The lowest BCUT2D eigenvalue weighted by atomic mass is 10.0. The highest BCUT2D eigenvalue weighted by atomic mass is 32.1.